The summed E-state index contributed by atoms with van der Waals surface area (Å²) in [4.78, 5) is 14.8. The van der Waals surface area contributed by atoms with E-state index in [9.17, 15) is 13.2 Å². The highest BCUT2D eigenvalue weighted by Crippen LogP contribution is 2.34. The molecular formula is C19H18Cl2N2O3S. The second-order valence-corrected chi connectivity index (χ2v) is 9.51. The molecule has 0 N–H and O–H groups in total. The predicted molar refractivity (Wildman–Crippen MR) is 106 cm³/mol. The third-order valence-electron chi connectivity index (χ3n) is 5.06. The molecule has 4 rings (SSSR count). The summed E-state index contributed by atoms with van der Waals surface area (Å²) in [5, 5.41) is 0.768. The van der Waals surface area contributed by atoms with Gasteiger partial charge in [0.2, 0.25) is 10.0 Å². The monoisotopic (exact) mass is 424 g/mol. The van der Waals surface area contributed by atoms with E-state index in [1.165, 1.54) is 4.31 Å². The van der Waals surface area contributed by atoms with Crippen molar-refractivity contribution < 1.29 is 13.2 Å². The first-order valence-corrected chi connectivity index (χ1v) is 11.0. The first kappa shape index (κ1) is 18.7. The molecular weight excluding hydrogens is 407 g/mol. The molecule has 0 spiro atoms. The zero-order valence-electron chi connectivity index (χ0n) is 14.5. The molecule has 0 radical (unpaired) electrons. The molecule has 5 nitrogen and oxygen atoms in total. The molecule has 142 valence electrons. The van der Waals surface area contributed by atoms with Crippen molar-refractivity contribution in [2.24, 2.45) is 0 Å². The van der Waals surface area contributed by atoms with Crippen LogP contribution in [-0.2, 0) is 16.4 Å². The molecule has 0 aliphatic carbocycles. The van der Waals surface area contributed by atoms with E-state index >= 15 is 0 Å². The minimum Gasteiger partial charge on any atom is -0.308 e. The van der Waals surface area contributed by atoms with E-state index < -0.39 is 10.0 Å². The summed E-state index contributed by atoms with van der Waals surface area (Å²) in [5.41, 5.74) is 1.96. The van der Waals surface area contributed by atoms with Crippen molar-refractivity contribution in [3.8, 4) is 0 Å². The number of amides is 1. The van der Waals surface area contributed by atoms with Crippen molar-refractivity contribution in [3.63, 3.8) is 0 Å². The molecule has 1 saturated heterocycles. The van der Waals surface area contributed by atoms with Gasteiger partial charge in [-0.15, -0.1) is 0 Å². The number of halogens is 2. The molecule has 0 bridgehead atoms. The summed E-state index contributed by atoms with van der Waals surface area (Å²) in [7, 11) is -3.47. The van der Waals surface area contributed by atoms with Crippen LogP contribution in [0.1, 0.15) is 28.8 Å². The average molecular weight is 425 g/mol. The van der Waals surface area contributed by atoms with Crippen molar-refractivity contribution >= 4 is 44.8 Å². The SMILES string of the molecule is O=C(c1ccc(Cl)cc1Cl)N1CCc2cc(S(=O)(=O)N3CCCC3)ccc21. The molecule has 0 aromatic heterocycles. The fourth-order valence-corrected chi connectivity index (χ4v) is 5.69. The van der Waals surface area contributed by atoms with E-state index in [1.54, 1.807) is 41.3 Å². The molecule has 2 heterocycles. The summed E-state index contributed by atoms with van der Waals surface area (Å²) in [6.07, 6.45) is 2.40. The number of carbonyl (C=O) groups is 1. The maximum Gasteiger partial charge on any atom is 0.259 e. The Kier molecular flexibility index (Phi) is 4.93. The Balaban J connectivity index is 1.64. The highest BCUT2D eigenvalue weighted by atomic mass is 35.5. The zero-order valence-corrected chi connectivity index (χ0v) is 16.8. The molecule has 1 amide bonds. The maximum absolute atomic E-state index is 12.9. The van der Waals surface area contributed by atoms with Gasteiger partial charge in [-0.25, -0.2) is 8.42 Å². The minimum absolute atomic E-state index is 0.217. The summed E-state index contributed by atoms with van der Waals surface area (Å²) >= 11 is 12.1. The molecule has 0 atom stereocenters. The Bertz CT molecular complexity index is 1020. The third kappa shape index (κ3) is 3.36. The summed E-state index contributed by atoms with van der Waals surface area (Å²) < 4.78 is 27.1. The summed E-state index contributed by atoms with van der Waals surface area (Å²) in [5.74, 6) is -0.217. The van der Waals surface area contributed by atoms with Crippen molar-refractivity contribution in [2.75, 3.05) is 24.5 Å². The van der Waals surface area contributed by atoms with Crippen LogP contribution in [0.2, 0.25) is 10.0 Å². The highest BCUT2D eigenvalue weighted by molar-refractivity contribution is 7.89. The molecule has 2 aromatic carbocycles. The molecule has 1 fully saturated rings. The van der Waals surface area contributed by atoms with Gasteiger partial charge in [-0.05, 0) is 61.2 Å². The van der Waals surface area contributed by atoms with Gasteiger partial charge in [-0.2, -0.15) is 4.31 Å². The van der Waals surface area contributed by atoms with E-state index in [4.69, 9.17) is 23.2 Å². The van der Waals surface area contributed by atoms with Gasteiger partial charge < -0.3 is 4.90 Å². The Morgan fingerprint density at radius 3 is 2.41 bits per heavy atom. The van der Waals surface area contributed by atoms with Crippen molar-refractivity contribution in [1.82, 2.24) is 4.31 Å². The van der Waals surface area contributed by atoms with Gasteiger partial charge in [0.15, 0.2) is 0 Å². The molecule has 2 aliphatic rings. The van der Waals surface area contributed by atoms with Crippen LogP contribution >= 0.6 is 23.2 Å². The fraction of sp³-hybridized carbons (Fsp3) is 0.316. The standard InChI is InChI=1S/C19H18Cl2N2O3S/c20-14-3-5-16(17(21)12-14)19(24)23-10-7-13-11-15(4-6-18(13)23)27(25,26)22-8-1-2-9-22/h3-6,11-12H,1-2,7-10H2. The van der Waals surface area contributed by atoms with Gasteiger partial charge >= 0.3 is 0 Å². The number of nitrogens with zero attached hydrogens (tertiary/aromatic N) is 2. The van der Waals surface area contributed by atoms with Crippen LogP contribution in [0.4, 0.5) is 5.69 Å². The van der Waals surface area contributed by atoms with Crippen LogP contribution < -0.4 is 4.90 Å². The number of fused-ring (bicyclic) bond motifs is 1. The minimum atomic E-state index is -3.47. The second kappa shape index (κ2) is 7.09. The van der Waals surface area contributed by atoms with Crippen LogP contribution in [0.3, 0.4) is 0 Å². The average Bonchev–Trinajstić information content (AvgIpc) is 3.31. The molecule has 0 saturated carbocycles. The third-order valence-corrected chi connectivity index (χ3v) is 7.50. The van der Waals surface area contributed by atoms with Gasteiger partial charge in [-0.3, -0.25) is 4.79 Å². The predicted octanol–water partition coefficient (Wildman–Crippen LogP) is 3.98. The summed E-state index contributed by atoms with van der Waals surface area (Å²) in [6.45, 7) is 1.62. The second-order valence-electron chi connectivity index (χ2n) is 6.73. The molecule has 27 heavy (non-hydrogen) atoms. The molecule has 2 aliphatic heterocycles. The number of sulfonamides is 1. The normalized spacial score (nSPS) is 17.3. The van der Waals surface area contributed by atoms with Gasteiger partial charge in [-0.1, -0.05) is 23.2 Å². The number of anilines is 1. The van der Waals surface area contributed by atoms with Crippen molar-refractivity contribution in [3.05, 3.63) is 57.6 Å². The Morgan fingerprint density at radius 1 is 0.963 bits per heavy atom. The number of benzene rings is 2. The van der Waals surface area contributed by atoms with Crippen LogP contribution in [0, 0.1) is 0 Å². The van der Waals surface area contributed by atoms with E-state index in [2.05, 4.69) is 0 Å². The largest absolute Gasteiger partial charge is 0.308 e. The Hall–Kier alpha value is -1.60. The Morgan fingerprint density at radius 2 is 1.70 bits per heavy atom. The Labute approximate surface area is 168 Å². The van der Waals surface area contributed by atoms with Crippen molar-refractivity contribution in [1.29, 1.82) is 0 Å². The topological polar surface area (TPSA) is 57.7 Å². The lowest BCUT2D eigenvalue weighted by molar-refractivity contribution is 0.0989. The first-order valence-electron chi connectivity index (χ1n) is 8.78. The highest BCUT2D eigenvalue weighted by Gasteiger charge is 2.31. The van der Waals surface area contributed by atoms with E-state index in [1.807, 2.05) is 0 Å². The lowest BCUT2D eigenvalue weighted by Crippen LogP contribution is -2.29. The van der Waals surface area contributed by atoms with E-state index in [-0.39, 0.29) is 5.91 Å². The maximum atomic E-state index is 12.9. The first-order chi connectivity index (χ1) is 12.9. The van der Waals surface area contributed by atoms with Gasteiger partial charge in [0.25, 0.3) is 5.91 Å². The van der Waals surface area contributed by atoms with Crippen molar-refractivity contribution in [2.45, 2.75) is 24.2 Å². The van der Waals surface area contributed by atoms with Gasteiger partial charge in [0, 0.05) is 30.3 Å². The molecule has 2 aromatic rings. The zero-order chi connectivity index (χ0) is 19.2. The number of rotatable bonds is 3. The van der Waals surface area contributed by atoms with E-state index in [0.717, 1.165) is 24.1 Å². The quantitative estimate of drug-likeness (QED) is 0.748. The summed E-state index contributed by atoms with van der Waals surface area (Å²) in [6, 6.07) is 9.77. The lowest BCUT2D eigenvalue weighted by Gasteiger charge is -2.19. The fourth-order valence-electron chi connectivity index (χ4n) is 3.64. The van der Waals surface area contributed by atoms with E-state index in [0.29, 0.717) is 46.6 Å². The van der Waals surface area contributed by atoms with Gasteiger partial charge in [0.1, 0.15) is 0 Å². The lowest BCUT2D eigenvalue weighted by atomic mass is 10.1. The number of hydrogen-bond donors (Lipinski definition) is 0. The van der Waals surface area contributed by atoms with Crippen LogP contribution in [0.15, 0.2) is 41.3 Å². The number of hydrogen-bond acceptors (Lipinski definition) is 3. The van der Waals surface area contributed by atoms with Crippen LogP contribution in [-0.4, -0.2) is 38.3 Å². The van der Waals surface area contributed by atoms with Crippen LogP contribution in [0.25, 0.3) is 0 Å². The van der Waals surface area contributed by atoms with Gasteiger partial charge in [0.05, 0.1) is 15.5 Å². The molecule has 0 unspecified atom stereocenters. The molecule has 8 heteroatoms. The smallest absolute Gasteiger partial charge is 0.259 e. The number of carbonyl (C=O) groups excluding carboxylic acids is 1. The van der Waals surface area contributed by atoms with Crippen LogP contribution in [0.5, 0.6) is 0 Å².